The minimum atomic E-state index is -0.941. The number of quaternary nitrogens is 1. The van der Waals surface area contributed by atoms with Crippen molar-refractivity contribution < 1.29 is 14.4 Å². The SMILES string of the molecule is CCCCCCCCC(CCCCCCC)C[N+](C)(C)C(C)(C)C(=O)[O-]. The first-order valence-electron chi connectivity index (χ1n) is 11.2. The number of carbonyl (C=O) groups is 1. The van der Waals surface area contributed by atoms with Crippen LogP contribution in [0.2, 0.25) is 0 Å². The van der Waals surface area contributed by atoms with Gasteiger partial charge in [-0.25, -0.2) is 0 Å². The van der Waals surface area contributed by atoms with E-state index in [2.05, 4.69) is 27.9 Å². The van der Waals surface area contributed by atoms with Crippen molar-refractivity contribution in [2.24, 2.45) is 5.92 Å². The maximum atomic E-state index is 11.6. The monoisotopic (exact) mass is 369 g/mol. The summed E-state index contributed by atoms with van der Waals surface area (Å²) in [4.78, 5) is 11.6. The number of rotatable bonds is 17. The van der Waals surface area contributed by atoms with E-state index < -0.39 is 11.5 Å². The van der Waals surface area contributed by atoms with Gasteiger partial charge in [0.05, 0.1) is 20.6 Å². The zero-order valence-corrected chi connectivity index (χ0v) is 18.7. The highest BCUT2D eigenvalue weighted by molar-refractivity contribution is 5.73. The average Bonchev–Trinajstić information content (AvgIpc) is 2.56. The van der Waals surface area contributed by atoms with Gasteiger partial charge >= 0.3 is 0 Å². The minimum Gasteiger partial charge on any atom is -0.544 e. The molecule has 3 nitrogen and oxygen atoms in total. The summed E-state index contributed by atoms with van der Waals surface area (Å²) in [6.45, 7) is 9.07. The molecular weight excluding hydrogens is 322 g/mol. The van der Waals surface area contributed by atoms with Gasteiger partial charge in [0.15, 0.2) is 0 Å². The van der Waals surface area contributed by atoms with Gasteiger partial charge in [-0.05, 0) is 26.7 Å². The normalized spacial score (nSPS) is 13.8. The number of carbonyl (C=O) groups excluding carboxylic acids is 1. The molecule has 0 aromatic rings. The van der Waals surface area contributed by atoms with Crippen LogP contribution >= 0.6 is 0 Å². The lowest BCUT2D eigenvalue weighted by atomic mass is 9.90. The van der Waals surface area contributed by atoms with Crippen LogP contribution in [0.1, 0.15) is 111 Å². The number of unbranched alkanes of at least 4 members (excludes halogenated alkanes) is 9. The van der Waals surface area contributed by atoms with E-state index in [-0.39, 0.29) is 0 Å². The maximum Gasteiger partial charge on any atom is 0.133 e. The second-order valence-electron chi connectivity index (χ2n) is 9.34. The van der Waals surface area contributed by atoms with Gasteiger partial charge in [0, 0.05) is 5.92 Å². The van der Waals surface area contributed by atoms with Gasteiger partial charge in [0.25, 0.3) is 0 Å². The molecular formula is C23H47NO2. The van der Waals surface area contributed by atoms with Crippen LogP contribution in [0.3, 0.4) is 0 Å². The van der Waals surface area contributed by atoms with E-state index in [0.717, 1.165) is 6.54 Å². The summed E-state index contributed by atoms with van der Waals surface area (Å²) in [7, 11) is 4.11. The van der Waals surface area contributed by atoms with Crippen molar-refractivity contribution in [3.8, 4) is 0 Å². The van der Waals surface area contributed by atoms with E-state index >= 15 is 0 Å². The highest BCUT2D eigenvalue weighted by Gasteiger charge is 2.39. The first-order valence-corrected chi connectivity index (χ1v) is 11.2. The van der Waals surface area contributed by atoms with Gasteiger partial charge in [-0.1, -0.05) is 84.5 Å². The first-order chi connectivity index (χ1) is 12.2. The molecule has 156 valence electrons. The second kappa shape index (κ2) is 13.6. The lowest BCUT2D eigenvalue weighted by Crippen LogP contribution is -2.65. The summed E-state index contributed by atoms with van der Waals surface area (Å²) in [5, 5.41) is 11.6. The average molecular weight is 370 g/mol. The summed E-state index contributed by atoms with van der Waals surface area (Å²) in [5.41, 5.74) is -0.846. The van der Waals surface area contributed by atoms with Crippen molar-refractivity contribution in [2.75, 3.05) is 20.6 Å². The lowest BCUT2D eigenvalue weighted by Gasteiger charge is -2.46. The zero-order chi connectivity index (χ0) is 20.1. The highest BCUT2D eigenvalue weighted by atomic mass is 16.4. The summed E-state index contributed by atoms with van der Waals surface area (Å²) in [6, 6.07) is 0. The summed E-state index contributed by atoms with van der Waals surface area (Å²) in [6.07, 6.45) is 17.0. The van der Waals surface area contributed by atoms with Crippen LogP contribution in [0.4, 0.5) is 0 Å². The van der Waals surface area contributed by atoms with Gasteiger partial charge in [-0.15, -0.1) is 0 Å². The lowest BCUT2D eigenvalue weighted by molar-refractivity contribution is -0.933. The fraction of sp³-hybridized carbons (Fsp3) is 0.957. The molecule has 0 radical (unpaired) electrons. The molecule has 0 N–H and O–H groups in total. The topological polar surface area (TPSA) is 40.1 Å². The Morgan fingerprint density at radius 1 is 0.808 bits per heavy atom. The minimum absolute atomic E-state index is 0.505. The molecule has 0 aliphatic carbocycles. The van der Waals surface area contributed by atoms with E-state index in [1.54, 1.807) is 0 Å². The number of hydrogen-bond donors (Lipinski definition) is 0. The largest absolute Gasteiger partial charge is 0.544 e. The van der Waals surface area contributed by atoms with Crippen LogP contribution in [0.5, 0.6) is 0 Å². The van der Waals surface area contributed by atoms with E-state index in [1.165, 1.54) is 83.5 Å². The molecule has 0 bridgehead atoms. The Labute approximate surface area is 164 Å². The van der Waals surface area contributed by atoms with Crippen LogP contribution in [-0.4, -0.2) is 36.6 Å². The second-order valence-corrected chi connectivity index (χ2v) is 9.34. The third kappa shape index (κ3) is 9.94. The van der Waals surface area contributed by atoms with Crippen molar-refractivity contribution in [2.45, 2.75) is 117 Å². The molecule has 0 saturated carbocycles. The van der Waals surface area contributed by atoms with Crippen LogP contribution in [0, 0.1) is 5.92 Å². The predicted molar refractivity (Wildman–Crippen MR) is 111 cm³/mol. The maximum absolute atomic E-state index is 11.6. The summed E-state index contributed by atoms with van der Waals surface area (Å²) in [5.74, 6) is -0.319. The Morgan fingerprint density at radius 3 is 1.58 bits per heavy atom. The fourth-order valence-electron chi connectivity index (χ4n) is 3.70. The number of carboxylic acids is 1. The molecule has 0 aromatic carbocycles. The van der Waals surface area contributed by atoms with Crippen molar-refractivity contribution >= 4 is 5.97 Å². The molecule has 0 aromatic heterocycles. The predicted octanol–water partition coefficient (Wildman–Crippen LogP) is 5.32. The molecule has 0 spiro atoms. The molecule has 3 heteroatoms. The van der Waals surface area contributed by atoms with Crippen molar-refractivity contribution in [3.05, 3.63) is 0 Å². The molecule has 0 aliphatic heterocycles. The summed E-state index contributed by atoms with van der Waals surface area (Å²) >= 11 is 0. The quantitative estimate of drug-likeness (QED) is 0.257. The van der Waals surface area contributed by atoms with E-state index in [1.807, 2.05) is 13.8 Å². The van der Waals surface area contributed by atoms with E-state index in [9.17, 15) is 9.90 Å². The van der Waals surface area contributed by atoms with Crippen LogP contribution in [0.15, 0.2) is 0 Å². The number of carboxylic acid groups (broad SMARTS) is 1. The van der Waals surface area contributed by atoms with Gasteiger partial charge in [0.2, 0.25) is 0 Å². The van der Waals surface area contributed by atoms with Crippen molar-refractivity contribution in [1.29, 1.82) is 0 Å². The molecule has 0 heterocycles. The standard InChI is InChI=1S/C23H47NO2/c1-7-9-11-13-15-17-19-21(18-16-14-12-10-8-2)20-24(5,6)23(3,4)22(25)26/h21H,7-20H2,1-6H3. The number of nitrogens with zero attached hydrogens (tertiary/aromatic N) is 1. The highest BCUT2D eigenvalue weighted by Crippen LogP contribution is 2.27. The Bertz CT molecular complexity index is 363. The van der Waals surface area contributed by atoms with Gasteiger partial charge in [0.1, 0.15) is 11.5 Å². The van der Waals surface area contributed by atoms with Gasteiger partial charge in [-0.2, -0.15) is 0 Å². The fourth-order valence-corrected chi connectivity index (χ4v) is 3.70. The van der Waals surface area contributed by atoms with E-state index in [0.29, 0.717) is 10.4 Å². The molecule has 0 aliphatic rings. The van der Waals surface area contributed by atoms with Crippen LogP contribution in [-0.2, 0) is 4.79 Å². The van der Waals surface area contributed by atoms with Gasteiger partial charge in [-0.3, -0.25) is 0 Å². The Kier molecular flexibility index (Phi) is 13.3. The van der Waals surface area contributed by atoms with Crippen molar-refractivity contribution in [3.63, 3.8) is 0 Å². The van der Waals surface area contributed by atoms with Gasteiger partial charge < -0.3 is 14.4 Å². The first kappa shape index (κ1) is 25.4. The smallest absolute Gasteiger partial charge is 0.133 e. The third-order valence-electron chi connectivity index (χ3n) is 6.41. The molecule has 1 unspecified atom stereocenters. The number of aliphatic carboxylic acids is 1. The number of likely N-dealkylation sites (N-methyl/N-ethyl adjacent to an activating group) is 1. The third-order valence-corrected chi connectivity index (χ3v) is 6.41. The van der Waals surface area contributed by atoms with Crippen molar-refractivity contribution in [1.82, 2.24) is 0 Å². The van der Waals surface area contributed by atoms with Crippen LogP contribution < -0.4 is 5.11 Å². The molecule has 0 fully saturated rings. The number of hydrogen-bond acceptors (Lipinski definition) is 2. The summed E-state index contributed by atoms with van der Waals surface area (Å²) < 4.78 is 0.505. The Hall–Kier alpha value is -0.570. The Morgan fingerprint density at radius 2 is 1.19 bits per heavy atom. The Balaban J connectivity index is 4.57. The molecule has 0 rings (SSSR count). The van der Waals surface area contributed by atoms with Crippen LogP contribution in [0.25, 0.3) is 0 Å². The zero-order valence-electron chi connectivity index (χ0n) is 18.7. The molecule has 26 heavy (non-hydrogen) atoms. The molecule has 1 atom stereocenters. The van der Waals surface area contributed by atoms with E-state index in [4.69, 9.17) is 0 Å². The molecule has 0 amide bonds. The molecule has 0 saturated heterocycles.